The number of amides is 1. The Labute approximate surface area is 198 Å². The first-order valence-electron chi connectivity index (χ1n) is 13.0. The molecule has 4 N–H and O–H groups in total. The molecule has 0 aliphatic heterocycles. The molecule has 8 heteroatoms. The molecule has 7 nitrogen and oxygen atoms in total. The Kier molecular flexibility index (Phi) is 25.0. The molecule has 32 heavy (non-hydrogen) atoms. The molecule has 0 aromatic rings. The first kappa shape index (κ1) is 33.7. The fourth-order valence-electron chi connectivity index (χ4n) is 3.82. The van der Waals surface area contributed by atoms with E-state index in [2.05, 4.69) is 37.9 Å². The van der Waals surface area contributed by atoms with Crippen LogP contribution in [0.1, 0.15) is 130 Å². The number of nitrogens with one attached hydrogen (secondary N) is 1. The molecule has 0 aliphatic carbocycles. The second kappa shape index (κ2) is 23.7. The van der Waals surface area contributed by atoms with Gasteiger partial charge in [0.15, 0.2) is 0 Å². The zero-order chi connectivity index (χ0) is 24.7. The van der Waals surface area contributed by atoms with Crippen molar-refractivity contribution in [2.45, 2.75) is 137 Å². The van der Waals surface area contributed by atoms with Gasteiger partial charge in [0.1, 0.15) is 0 Å². The SMILES string of the molecule is CCCCCCCCCCCCCCCCCC(=O)NC(C)N(CC)CC.O=P(O)(O)O. The van der Waals surface area contributed by atoms with E-state index in [4.69, 9.17) is 19.2 Å². The second-order valence-corrected chi connectivity index (χ2v) is 9.70. The van der Waals surface area contributed by atoms with Gasteiger partial charge < -0.3 is 20.0 Å². The van der Waals surface area contributed by atoms with Crippen molar-refractivity contribution in [1.29, 1.82) is 0 Å². The Morgan fingerprint density at radius 1 is 0.719 bits per heavy atom. The van der Waals surface area contributed by atoms with Crippen LogP contribution in [0.5, 0.6) is 0 Å². The number of carbonyl (C=O) groups excluding carboxylic acids is 1. The average molecular weight is 481 g/mol. The summed E-state index contributed by atoms with van der Waals surface area (Å²) < 4.78 is 8.88. The normalized spacial score (nSPS) is 12.4. The molecular weight excluding hydrogens is 427 g/mol. The number of carbonyl (C=O) groups is 1. The lowest BCUT2D eigenvalue weighted by Gasteiger charge is -2.27. The average Bonchev–Trinajstić information content (AvgIpc) is 2.70. The van der Waals surface area contributed by atoms with Crippen LogP contribution in [-0.2, 0) is 9.36 Å². The van der Waals surface area contributed by atoms with Crippen LogP contribution in [0.3, 0.4) is 0 Å². The van der Waals surface area contributed by atoms with Gasteiger partial charge in [-0.25, -0.2) is 4.57 Å². The van der Waals surface area contributed by atoms with Crippen molar-refractivity contribution >= 4 is 13.7 Å². The number of rotatable bonds is 20. The van der Waals surface area contributed by atoms with Crippen LogP contribution >= 0.6 is 7.82 Å². The maximum Gasteiger partial charge on any atom is 0.466 e. The van der Waals surface area contributed by atoms with Gasteiger partial charge in [-0.3, -0.25) is 9.69 Å². The molecule has 0 spiro atoms. The minimum Gasteiger partial charge on any atom is -0.341 e. The van der Waals surface area contributed by atoms with E-state index in [1.807, 2.05) is 0 Å². The van der Waals surface area contributed by atoms with Gasteiger partial charge in [0.05, 0.1) is 6.17 Å². The van der Waals surface area contributed by atoms with Crippen molar-refractivity contribution in [3.63, 3.8) is 0 Å². The van der Waals surface area contributed by atoms with Gasteiger partial charge >= 0.3 is 7.82 Å². The summed E-state index contributed by atoms with van der Waals surface area (Å²) in [4.78, 5) is 35.8. The Morgan fingerprint density at radius 3 is 1.34 bits per heavy atom. The molecule has 0 rings (SSSR count). The van der Waals surface area contributed by atoms with Crippen molar-refractivity contribution in [1.82, 2.24) is 10.2 Å². The third-order valence-electron chi connectivity index (χ3n) is 5.74. The summed E-state index contributed by atoms with van der Waals surface area (Å²) in [6.45, 7) is 10.6. The van der Waals surface area contributed by atoms with E-state index in [0.717, 1.165) is 19.5 Å². The third kappa shape index (κ3) is 29.5. The highest BCUT2D eigenvalue weighted by Crippen LogP contribution is 2.25. The Balaban J connectivity index is 0. The highest BCUT2D eigenvalue weighted by molar-refractivity contribution is 7.45. The monoisotopic (exact) mass is 480 g/mol. The molecular formula is C24H53N2O5P. The number of hydrogen-bond acceptors (Lipinski definition) is 3. The standard InChI is InChI=1S/C24H50N2O.H3O4P/c1-5-8-9-10-11-12-13-14-15-16-17-18-19-20-21-22-24(27)25-23(4)26(6-2)7-3;1-5(2,3)4/h23H,5-22H2,1-4H3,(H,25,27);(H3,1,2,3,4). The maximum absolute atomic E-state index is 12.0. The molecule has 194 valence electrons. The smallest absolute Gasteiger partial charge is 0.341 e. The van der Waals surface area contributed by atoms with Crippen molar-refractivity contribution in [2.24, 2.45) is 0 Å². The van der Waals surface area contributed by atoms with E-state index in [9.17, 15) is 4.79 Å². The minimum absolute atomic E-state index is 0.156. The third-order valence-corrected chi connectivity index (χ3v) is 5.74. The summed E-state index contributed by atoms with van der Waals surface area (Å²) in [5, 5.41) is 3.12. The van der Waals surface area contributed by atoms with E-state index in [1.54, 1.807) is 0 Å². The van der Waals surface area contributed by atoms with Crippen LogP contribution in [-0.4, -0.2) is 44.7 Å². The fraction of sp³-hybridized carbons (Fsp3) is 0.958. The predicted octanol–water partition coefficient (Wildman–Crippen LogP) is 6.12. The van der Waals surface area contributed by atoms with Crippen LogP contribution < -0.4 is 5.32 Å². The molecule has 1 atom stereocenters. The first-order chi connectivity index (χ1) is 15.2. The summed E-state index contributed by atoms with van der Waals surface area (Å²) in [5.74, 6) is 0.212. The van der Waals surface area contributed by atoms with Crippen LogP contribution in [0.25, 0.3) is 0 Å². The number of nitrogens with zero attached hydrogens (tertiary/aromatic N) is 1. The lowest BCUT2D eigenvalue weighted by molar-refractivity contribution is -0.123. The molecule has 0 radical (unpaired) electrons. The second-order valence-electron chi connectivity index (χ2n) is 8.68. The van der Waals surface area contributed by atoms with E-state index < -0.39 is 7.82 Å². The molecule has 0 aromatic carbocycles. The lowest BCUT2D eigenvalue weighted by Crippen LogP contribution is -2.45. The zero-order valence-electron chi connectivity index (χ0n) is 21.4. The van der Waals surface area contributed by atoms with Gasteiger partial charge in [-0.15, -0.1) is 0 Å². The van der Waals surface area contributed by atoms with Crippen molar-refractivity contribution in [3.8, 4) is 0 Å². The van der Waals surface area contributed by atoms with Crippen molar-refractivity contribution in [2.75, 3.05) is 13.1 Å². The van der Waals surface area contributed by atoms with Gasteiger partial charge in [-0.2, -0.15) is 0 Å². The maximum atomic E-state index is 12.0. The predicted molar refractivity (Wildman–Crippen MR) is 134 cm³/mol. The van der Waals surface area contributed by atoms with Gasteiger partial charge in [0.2, 0.25) is 5.91 Å². The fourth-order valence-corrected chi connectivity index (χ4v) is 3.82. The molecule has 0 bridgehead atoms. The highest BCUT2D eigenvalue weighted by atomic mass is 31.2. The summed E-state index contributed by atoms with van der Waals surface area (Å²) in [7, 11) is -4.64. The molecule has 0 heterocycles. The number of phosphoric acid groups is 1. The molecule has 0 aromatic heterocycles. The molecule has 1 unspecified atom stereocenters. The summed E-state index contributed by atoms with van der Waals surface area (Å²) in [5.41, 5.74) is 0. The largest absolute Gasteiger partial charge is 0.466 e. The molecule has 0 saturated carbocycles. The van der Waals surface area contributed by atoms with Crippen LogP contribution in [0, 0.1) is 0 Å². The lowest BCUT2D eigenvalue weighted by atomic mass is 10.0. The number of hydrogen-bond donors (Lipinski definition) is 4. The highest BCUT2D eigenvalue weighted by Gasteiger charge is 2.12. The van der Waals surface area contributed by atoms with E-state index in [0.29, 0.717) is 6.42 Å². The Bertz CT molecular complexity index is 447. The Morgan fingerprint density at radius 2 is 1.03 bits per heavy atom. The molecule has 1 amide bonds. The summed E-state index contributed by atoms with van der Waals surface area (Å²) in [6, 6.07) is 0. The van der Waals surface area contributed by atoms with E-state index in [1.165, 1.54) is 89.9 Å². The molecule has 0 saturated heterocycles. The zero-order valence-corrected chi connectivity index (χ0v) is 22.3. The quantitative estimate of drug-likeness (QED) is 0.0949. The van der Waals surface area contributed by atoms with Crippen LogP contribution in [0.2, 0.25) is 0 Å². The summed E-state index contributed by atoms with van der Waals surface area (Å²) >= 11 is 0. The van der Waals surface area contributed by atoms with Gasteiger partial charge in [0.25, 0.3) is 0 Å². The van der Waals surface area contributed by atoms with E-state index in [-0.39, 0.29) is 12.1 Å². The first-order valence-corrected chi connectivity index (χ1v) is 14.5. The number of unbranched alkanes of at least 4 members (excludes halogenated alkanes) is 14. The Hall–Kier alpha value is -0.460. The van der Waals surface area contributed by atoms with Gasteiger partial charge in [-0.1, -0.05) is 111 Å². The van der Waals surface area contributed by atoms with Gasteiger partial charge in [-0.05, 0) is 26.4 Å². The summed E-state index contributed by atoms with van der Waals surface area (Å²) in [6.07, 6.45) is 21.3. The van der Waals surface area contributed by atoms with Crippen LogP contribution in [0.15, 0.2) is 0 Å². The van der Waals surface area contributed by atoms with Crippen molar-refractivity contribution in [3.05, 3.63) is 0 Å². The molecule has 0 aliphatic rings. The van der Waals surface area contributed by atoms with Gasteiger partial charge in [0, 0.05) is 6.42 Å². The molecule has 0 fully saturated rings. The van der Waals surface area contributed by atoms with E-state index >= 15 is 0 Å². The topological polar surface area (TPSA) is 110 Å². The minimum atomic E-state index is -4.64. The van der Waals surface area contributed by atoms with Crippen LogP contribution in [0.4, 0.5) is 0 Å². The van der Waals surface area contributed by atoms with Crippen molar-refractivity contribution < 1.29 is 24.0 Å².